The van der Waals surface area contributed by atoms with Crippen LogP contribution in [-0.2, 0) is 9.53 Å². The summed E-state index contributed by atoms with van der Waals surface area (Å²) in [6.45, 7) is 3.73. The zero-order valence-corrected chi connectivity index (χ0v) is 8.58. The number of rotatable bonds is 2. The highest BCUT2D eigenvalue weighted by Crippen LogP contribution is 2.15. The van der Waals surface area contributed by atoms with Gasteiger partial charge in [0.15, 0.2) is 0 Å². The fraction of sp³-hybridized carbons (Fsp3) is 0.900. The van der Waals surface area contributed by atoms with Crippen molar-refractivity contribution in [1.82, 2.24) is 10.6 Å². The van der Waals surface area contributed by atoms with Crippen LogP contribution in [0.25, 0.3) is 0 Å². The van der Waals surface area contributed by atoms with E-state index in [4.69, 9.17) is 4.74 Å². The lowest BCUT2D eigenvalue weighted by Gasteiger charge is -2.27. The smallest absolute Gasteiger partial charge is 0.220 e. The average Bonchev–Trinajstić information content (AvgIpc) is 2.56. The fourth-order valence-corrected chi connectivity index (χ4v) is 2.13. The summed E-state index contributed by atoms with van der Waals surface area (Å²) in [4.78, 5) is 10.9. The third-order valence-corrected chi connectivity index (χ3v) is 3.09. The lowest BCUT2D eigenvalue weighted by Crippen LogP contribution is -2.50. The molecule has 0 aromatic rings. The van der Waals surface area contributed by atoms with Crippen molar-refractivity contribution < 1.29 is 9.53 Å². The molecule has 3 atom stereocenters. The second-order valence-corrected chi connectivity index (χ2v) is 4.18. The Morgan fingerprint density at radius 2 is 2.36 bits per heavy atom. The first kappa shape index (κ1) is 9.93. The second-order valence-electron chi connectivity index (χ2n) is 4.18. The predicted molar refractivity (Wildman–Crippen MR) is 53.0 cm³/mol. The van der Waals surface area contributed by atoms with E-state index in [1.807, 2.05) is 0 Å². The van der Waals surface area contributed by atoms with Crippen molar-refractivity contribution in [3.05, 3.63) is 0 Å². The molecule has 0 spiro atoms. The maximum Gasteiger partial charge on any atom is 0.220 e. The highest BCUT2D eigenvalue weighted by atomic mass is 16.5. The van der Waals surface area contributed by atoms with E-state index in [0.717, 1.165) is 26.0 Å². The first-order valence-corrected chi connectivity index (χ1v) is 5.40. The SMILES string of the molecule is CC1OCCC1NC1CCC(=O)NC1. The van der Waals surface area contributed by atoms with Crippen LogP contribution in [-0.4, -0.2) is 37.2 Å². The molecule has 2 aliphatic rings. The first-order chi connectivity index (χ1) is 6.75. The number of hydrogen-bond donors (Lipinski definition) is 2. The van der Waals surface area contributed by atoms with Crippen molar-refractivity contribution >= 4 is 5.91 Å². The fourth-order valence-electron chi connectivity index (χ4n) is 2.13. The van der Waals surface area contributed by atoms with Gasteiger partial charge in [0.1, 0.15) is 0 Å². The van der Waals surface area contributed by atoms with Gasteiger partial charge >= 0.3 is 0 Å². The zero-order chi connectivity index (χ0) is 9.97. The van der Waals surface area contributed by atoms with Crippen molar-refractivity contribution in [1.29, 1.82) is 0 Å². The lowest BCUT2D eigenvalue weighted by atomic mass is 10.0. The Morgan fingerprint density at radius 1 is 1.50 bits per heavy atom. The van der Waals surface area contributed by atoms with E-state index in [0.29, 0.717) is 24.6 Å². The molecule has 0 aliphatic carbocycles. The van der Waals surface area contributed by atoms with Crippen LogP contribution in [0, 0.1) is 0 Å². The Morgan fingerprint density at radius 3 is 2.93 bits per heavy atom. The summed E-state index contributed by atoms with van der Waals surface area (Å²) in [5, 5.41) is 6.43. The molecule has 2 fully saturated rings. The molecule has 2 saturated heterocycles. The Bertz CT molecular complexity index is 210. The second kappa shape index (κ2) is 4.28. The van der Waals surface area contributed by atoms with Crippen molar-refractivity contribution in [3.63, 3.8) is 0 Å². The van der Waals surface area contributed by atoms with Crippen LogP contribution >= 0.6 is 0 Å². The molecular weight excluding hydrogens is 180 g/mol. The molecule has 14 heavy (non-hydrogen) atoms. The molecule has 2 N–H and O–H groups in total. The minimum atomic E-state index is 0.179. The van der Waals surface area contributed by atoms with E-state index in [-0.39, 0.29) is 5.91 Å². The van der Waals surface area contributed by atoms with Gasteiger partial charge in [-0.15, -0.1) is 0 Å². The number of ether oxygens (including phenoxy) is 1. The Labute approximate surface area is 84.4 Å². The largest absolute Gasteiger partial charge is 0.377 e. The van der Waals surface area contributed by atoms with Gasteiger partial charge in [0.2, 0.25) is 5.91 Å². The molecular formula is C10H18N2O2. The molecule has 80 valence electrons. The van der Waals surface area contributed by atoms with Crippen LogP contribution in [0.2, 0.25) is 0 Å². The Hall–Kier alpha value is -0.610. The molecule has 3 unspecified atom stereocenters. The van der Waals surface area contributed by atoms with E-state index in [2.05, 4.69) is 17.6 Å². The topological polar surface area (TPSA) is 50.4 Å². The normalized spacial score (nSPS) is 38.4. The van der Waals surface area contributed by atoms with Crippen LogP contribution in [0.15, 0.2) is 0 Å². The summed E-state index contributed by atoms with van der Waals surface area (Å²) in [6.07, 6.45) is 3.01. The van der Waals surface area contributed by atoms with Crippen LogP contribution in [0.1, 0.15) is 26.2 Å². The maximum absolute atomic E-state index is 10.9. The molecule has 0 aromatic carbocycles. The van der Waals surface area contributed by atoms with Gasteiger partial charge in [-0.05, 0) is 19.8 Å². The molecule has 4 heteroatoms. The van der Waals surface area contributed by atoms with Gasteiger partial charge in [0, 0.05) is 31.7 Å². The quantitative estimate of drug-likeness (QED) is 0.658. The standard InChI is InChI=1S/C10H18N2O2/c1-7-9(4-5-14-7)12-8-2-3-10(13)11-6-8/h7-9,12H,2-6H2,1H3,(H,11,13). The molecule has 1 amide bonds. The minimum absolute atomic E-state index is 0.179. The summed E-state index contributed by atoms with van der Waals surface area (Å²) < 4.78 is 5.48. The van der Waals surface area contributed by atoms with E-state index >= 15 is 0 Å². The Kier molecular flexibility index (Phi) is 3.03. The van der Waals surface area contributed by atoms with Crippen molar-refractivity contribution in [2.45, 2.75) is 44.4 Å². The van der Waals surface area contributed by atoms with Crippen molar-refractivity contribution in [3.8, 4) is 0 Å². The minimum Gasteiger partial charge on any atom is -0.377 e. The van der Waals surface area contributed by atoms with Crippen LogP contribution < -0.4 is 10.6 Å². The molecule has 0 aromatic heterocycles. The summed E-state index contributed by atoms with van der Waals surface area (Å²) in [6, 6.07) is 0.900. The van der Waals surface area contributed by atoms with E-state index < -0.39 is 0 Å². The van der Waals surface area contributed by atoms with Gasteiger partial charge in [0.25, 0.3) is 0 Å². The first-order valence-electron chi connectivity index (χ1n) is 5.40. The zero-order valence-electron chi connectivity index (χ0n) is 8.58. The van der Waals surface area contributed by atoms with E-state index in [1.54, 1.807) is 0 Å². The molecule has 0 saturated carbocycles. The van der Waals surface area contributed by atoms with Crippen LogP contribution in [0.4, 0.5) is 0 Å². The van der Waals surface area contributed by atoms with E-state index in [1.165, 1.54) is 0 Å². The predicted octanol–water partition coefficient (Wildman–Crippen LogP) is 0.0320. The Balaban J connectivity index is 1.77. The van der Waals surface area contributed by atoms with Gasteiger partial charge < -0.3 is 15.4 Å². The van der Waals surface area contributed by atoms with E-state index in [9.17, 15) is 4.79 Å². The monoisotopic (exact) mass is 198 g/mol. The highest BCUT2D eigenvalue weighted by Gasteiger charge is 2.27. The molecule has 0 bridgehead atoms. The molecule has 0 radical (unpaired) electrons. The number of carbonyl (C=O) groups excluding carboxylic acids is 1. The van der Waals surface area contributed by atoms with Crippen LogP contribution in [0.3, 0.4) is 0 Å². The number of nitrogens with one attached hydrogen (secondary N) is 2. The van der Waals surface area contributed by atoms with Gasteiger partial charge in [-0.3, -0.25) is 4.79 Å². The third-order valence-electron chi connectivity index (χ3n) is 3.09. The number of carbonyl (C=O) groups is 1. The number of hydrogen-bond acceptors (Lipinski definition) is 3. The molecule has 2 aliphatic heterocycles. The molecule has 2 heterocycles. The summed E-state index contributed by atoms with van der Waals surface area (Å²) >= 11 is 0. The van der Waals surface area contributed by atoms with Gasteiger partial charge in [0.05, 0.1) is 6.10 Å². The van der Waals surface area contributed by atoms with Crippen LogP contribution in [0.5, 0.6) is 0 Å². The third kappa shape index (κ3) is 2.25. The van der Waals surface area contributed by atoms with Gasteiger partial charge in [-0.25, -0.2) is 0 Å². The average molecular weight is 198 g/mol. The lowest BCUT2D eigenvalue weighted by molar-refractivity contribution is -0.122. The summed E-state index contributed by atoms with van der Waals surface area (Å²) in [5.41, 5.74) is 0. The number of piperidine rings is 1. The molecule has 4 nitrogen and oxygen atoms in total. The summed E-state index contributed by atoms with van der Waals surface area (Å²) in [7, 11) is 0. The number of amides is 1. The highest BCUT2D eigenvalue weighted by molar-refractivity contribution is 5.76. The van der Waals surface area contributed by atoms with Crippen molar-refractivity contribution in [2.24, 2.45) is 0 Å². The van der Waals surface area contributed by atoms with Crippen molar-refractivity contribution in [2.75, 3.05) is 13.2 Å². The maximum atomic E-state index is 10.9. The van der Waals surface area contributed by atoms with Gasteiger partial charge in [-0.2, -0.15) is 0 Å². The van der Waals surface area contributed by atoms with Gasteiger partial charge in [-0.1, -0.05) is 0 Å². The molecule has 2 rings (SSSR count). The summed E-state index contributed by atoms with van der Waals surface area (Å²) in [5.74, 6) is 0.179.